The van der Waals surface area contributed by atoms with Crippen LogP contribution in [0.15, 0.2) is 24.3 Å². The van der Waals surface area contributed by atoms with Crippen molar-refractivity contribution in [3.8, 4) is 5.75 Å². The second kappa shape index (κ2) is 7.10. The average Bonchev–Trinajstić information content (AvgIpc) is 3.14. The summed E-state index contributed by atoms with van der Waals surface area (Å²) in [6.07, 6.45) is 3.44. The number of amides is 1. The fraction of sp³-hybridized carbons (Fsp3) is 0.412. The van der Waals surface area contributed by atoms with Crippen molar-refractivity contribution in [2.45, 2.75) is 38.7 Å². The minimum absolute atomic E-state index is 0.0556. The van der Waals surface area contributed by atoms with Crippen molar-refractivity contribution in [3.63, 3.8) is 0 Å². The van der Waals surface area contributed by atoms with Crippen LogP contribution < -0.4 is 10.1 Å². The fourth-order valence-corrected chi connectivity index (χ4v) is 3.64. The lowest BCUT2D eigenvalue weighted by molar-refractivity contribution is -0.118. The second-order valence-electron chi connectivity index (χ2n) is 5.57. The zero-order chi connectivity index (χ0) is 16.2. The van der Waals surface area contributed by atoms with Gasteiger partial charge in [-0.3, -0.25) is 10.1 Å². The predicted molar refractivity (Wildman–Crippen MR) is 90.0 cm³/mol. The molecule has 0 aliphatic heterocycles. The van der Waals surface area contributed by atoms with E-state index in [1.54, 1.807) is 23.5 Å². The number of aliphatic hydroxyl groups is 1. The summed E-state index contributed by atoms with van der Waals surface area (Å²) in [6, 6.07) is 7.15. The molecule has 1 aromatic carbocycles. The maximum absolute atomic E-state index is 11.9. The van der Waals surface area contributed by atoms with Crippen molar-refractivity contribution in [1.29, 1.82) is 0 Å². The van der Waals surface area contributed by atoms with Crippen molar-refractivity contribution in [2.24, 2.45) is 0 Å². The van der Waals surface area contributed by atoms with E-state index in [1.807, 2.05) is 19.1 Å². The minimum Gasteiger partial charge on any atom is -0.484 e. The molecule has 1 aliphatic rings. The summed E-state index contributed by atoms with van der Waals surface area (Å²) in [5.74, 6) is 0.393. The van der Waals surface area contributed by atoms with Crippen LogP contribution in [0, 0.1) is 0 Å². The van der Waals surface area contributed by atoms with E-state index in [-0.39, 0.29) is 12.5 Å². The molecule has 1 heterocycles. The molecule has 0 bridgehead atoms. The quantitative estimate of drug-likeness (QED) is 0.853. The Bertz CT molecular complexity index is 660. The Kier molecular flexibility index (Phi) is 4.93. The van der Waals surface area contributed by atoms with Gasteiger partial charge in [0.05, 0.1) is 11.8 Å². The fourth-order valence-electron chi connectivity index (χ4n) is 2.57. The van der Waals surface area contributed by atoms with Crippen molar-refractivity contribution in [3.05, 3.63) is 40.4 Å². The van der Waals surface area contributed by atoms with Gasteiger partial charge in [-0.25, -0.2) is 4.98 Å². The monoisotopic (exact) mass is 332 g/mol. The van der Waals surface area contributed by atoms with Crippen LogP contribution >= 0.6 is 11.3 Å². The average molecular weight is 332 g/mol. The van der Waals surface area contributed by atoms with Crippen molar-refractivity contribution >= 4 is 22.4 Å². The lowest BCUT2D eigenvalue weighted by Gasteiger charge is -2.10. The maximum atomic E-state index is 11.9. The van der Waals surface area contributed by atoms with Crippen molar-refractivity contribution < 1.29 is 14.6 Å². The molecular formula is C17H20N2O3S. The van der Waals surface area contributed by atoms with Crippen LogP contribution in [0.1, 0.15) is 42.0 Å². The maximum Gasteiger partial charge on any atom is 0.264 e. The highest BCUT2D eigenvalue weighted by atomic mass is 32.1. The van der Waals surface area contributed by atoms with Crippen LogP contribution in [0.3, 0.4) is 0 Å². The van der Waals surface area contributed by atoms with Gasteiger partial charge in [0.15, 0.2) is 11.7 Å². The number of fused-ring (bicyclic) bond motifs is 1. The second-order valence-corrected chi connectivity index (χ2v) is 6.66. The van der Waals surface area contributed by atoms with Crippen LogP contribution in [0.25, 0.3) is 0 Å². The summed E-state index contributed by atoms with van der Waals surface area (Å²) >= 11 is 1.55. The Morgan fingerprint density at radius 2 is 2.17 bits per heavy atom. The Hall–Kier alpha value is -1.92. The van der Waals surface area contributed by atoms with Crippen LogP contribution in [0.2, 0.25) is 0 Å². The van der Waals surface area contributed by atoms with E-state index in [2.05, 4.69) is 10.3 Å². The number of aromatic nitrogens is 1. The highest BCUT2D eigenvalue weighted by molar-refractivity contribution is 7.15. The van der Waals surface area contributed by atoms with Gasteiger partial charge < -0.3 is 9.84 Å². The number of aliphatic hydroxyl groups excluding tert-OH is 1. The summed E-state index contributed by atoms with van der Waals surface area (Å²) in [5, 5.41) is 13.2. The molecular weight excluding hydrogens is 312 g/mol. The molecule has 23 heavy (non-hydrogen) atoms. The number of carbonyl (C=O) groups excluding carboxylic acids is 1. The molecule has 1 amide bonds. The molecule has 0 unspecified atom stereocenters. The number of nitrogens with zero attached hydrogens (tertiary/aromatic N) is 1. The summed E-state index contributed by atoms with van der Waals surface area (Å²) in [5.41, 5.74) is 1.97. The molecule has 0 saturated heterocycles. The highest BCUT2D eigenvalue weighted by Crippen LogP contribution is 2.30. The van der Waals surface area contributed by atoms with Crippen LogP contribution in [-0.2, 0) is 17.6 Å². The SMILES string of the molecule is CC[C@H](O)c1ccc(OCC(=O)Nc2nc3c(s2)CCC3)cc1. The third kappa shape index (κ3) is 3.89. The van der Waals surface area contributed by atoms with Crippen molar-refractivity contribution in [1.82, 2.24) is 4.98 Å². The molecule has 1 atom stereocenters. The Balaban J connectivity index is 1.50. The largest absolute Gasteiger partial charge is 0.484 e. The first-order valence-electron chi connectivity index (χ1n) is 7.85. The van der Waals surface area contributed by atoms with E-state index in [1.165, 1.54) is 4.88 Å². The van der Waals surface area contributed by atoms with Gasteiger partial charge in [0.1, 0.15) is 5.75 Å². The van der Waals surface area contributed by atoms with E-state index in [9.17, 15) is 9.90 Å². The van der Waals surface area contributed by atoms with Gasteiger partial charge in [-0.05, 0) is 43.4 Å². The lowest BCUT2D eigenvalue weighted by Crippen LogP contribution is -2.20. The molecule has 0 saturated carbocycles. The smallest absolute Gasteiger partial charge is 0.264 e. The number of aryl methyl sites for hydroxylation is 2. The number of thiazole rings is 1. The third-order valence-electron chi connectivity index (χ3n) is 3.86. The molecule has 2 aromatic rings. The van der Waals surface area contributed by atoms with E-state index >= 15 is 0 Å². The number of carbonyl (C=O) groups is 1. The van der Waals surface area contributed by atoms with Gasteiger partial charge >= 0.3 is 0 Å². The van der Waals surface area contributed by atoms with Gasteiger partial charge in [-0.15, -0.1) is 11.3 Å². The lowest BCUT2D eigenvalue weighted by atomic mass is 10.1. The molecule has 0 spiro atoms. The van der Waals surface area contributed by atoms with Gasteiger partial charge in [-0.1, -0.05) is 19.1 Å². The standard InChI is InChI=1S/C17H20N2O3S/c1-2-14(20)11-6-8-12(9-7-11)22-10-16(21)19-17-18-13-4-3-5-15(13)23-17/h6-9,14,20H,2-5,10H2,1H3,(H,18,19,21)/t14-/m0/s1. The first-order chi connectivity index (χ1) is 11.2. The van der Waals surface area contributed by atoms with E-state index < -0.39 is 6.10 Å². The number of hydrogen-bond donors (Lipinski definition) is 2. The first kappa shape index (κ1) is 16.0. The molecule has 0 radical (unpaired) electrons. The third-order valence-corrected chi connectivity index (χ3v) is 4.94. The van der Waals surface area contributed by atoms with Crippen LogP contribution in [-0.4, -0.2) is 22.6 Å². The molecule has 1 aromatic heterocycles. The van der Waals surface area contributed by atoms with Crippen LogP contribution in [0.4, 0.5) is 5.13 Å². The normalized spacial score (nSPS) is 14.3. The number of nitrogens with one attached hydrogen (secondary N) is 1. The summed E-state index contributed by atoms with van der Waals surface area (Å²) < 4.78 is 5.47. The van der Waals surface area contributed by atoms with Crippen LogP contribution in [0.5, 0.6) is 5.75 Å². The van der Waals surface area contributed by atoms with Gasteiger partial charge in [0, 0.05) is 4.88 Å². The number of rotatable bonds is 6. The number of ether oxygens (including phenoxy) is 1. The number of benzene rings is 1. The predicted octanol–water partition coefficient (Wildman–Crippen LogP) is 3.09. The van der Waals surface area contributed by atoms with Crippen molar-refractivity contribution in [2.75, 3.05) is 11.9 Å². The van der Waals surface area contributed by atoms with E-state index in [4.69, 9.17) is 4.74 Å². The summed E-state index contributed by atoms with van der Waals surface area (Å²) in [7, 11) is 0. The van der Waals surface area contributed by atoms with E-state index in [0.29, 0.717) is 17.3 Å². The molecule has 3 rings (SSSR count). The molecule has 6 heteroatoms. The summed E-state index contributed by atoms with van der Waals surface area (Å²) in [6.45, 7) is 1.87. The topological polar surface area (TPSA) is 71.5 Å². The zero-order valence-electron chi connectivity index (χ0n) is 13.0. The van der Waals surface area contributed by atoms with Gasteiger partial charge in [-0.2, -0.15) is 0 Å². The number of hydrogen-bond acceptors (Lipinski definition) is 5. The zero-order valence-corrected chi connectivity index (χ0v) is 13.9. The Labute approximate surface area is 139 Å². The minimum atomic E-state index is -0.459. The summed E-state index contributed by atoms with van der Waals surface area (Å²) in [4.78, 5) is 17.6. The molecule has 2 N–H and O–H groups in total. The van der Waals surface area contributed by atoms with Gasteiger partial charge in [0.25, 0.3) is 5.91 Å². The van der Waals surface area contributed by atoms with E-state index in [0.717, 1.165) is 30.5 Å². The molecule has 1 aliphatic carbocycles. The molecule has 5 nitrogen and oxygen atoms in total. The molecule has 0 fully saturated rings. The first-order valence-corrected chi connectivity index (χ1v) is 8.66. The number of anilines is 1. The Morgan fingerprint density at radius 3 is 2.87 bits per heavy atom. The van der Waals surface area contributed by atoms with Gasteiger partial charge in [0.2, 0.25) is 0 Å². The molecule has 122 valence electrons. The highest BCUT2D eigenvalue weighted by Gasteiger charge is 2.17. The Morgan fingerprint density at radius 1 is 1.39 bits per heavy atom.